The summed E-state index contributed by atoms with van der Waals surface area (Å²) in [4.78, 5) is 21.4. The number of para-hydroxylation sites is 1. The predicted molar refractivity (Wildman–Crippen MR) is 103 cm³/mol. The van der Waals surface area contributed by atoms with Crippen LogP contribution in [-0.4, -0.2) is 27.6 Å². The van der Waals surface area contributed by atoms with Gasteiger partial charge in [0.25, 0.3) is 0 Å². The number of benzene rings is 2. The molecule has 25 heavy (non-hydrogen) atoms. The van der Waals surface area contributed by atoms with E-state index < -0.39 is 0 Å². The van der Waals surface area contributed by atoms with Gasteiger partial charge in [-0.1, -0.05) is 30.3 Å². The predicted octanol–water partition coefficient (Wildman–Crippen LogP) is 4.68. The number of rotatable bonds is 2. The highest BCUT2D eigenvalue weighted by molar-refractivity contribution is 8.01. The maximum atomic E-state index is 13.2. The molecule has 2 atom stereocenters. The molecule has 1 fully saturated rings. The van der Waals surface area contributed by atoms with Crippen molar-refractivity contribution >= 4 is 39.2 Å². The SMILES string of the molecule is O=C(C1Cc2ccccc2S1)N1CCCC1c1nc2ccccc2s1. The number of aromatic nitrogens is 1. The lowest BCUT2D eigenvalue weighted by Crippen LogP contribution is -2.37. The summed E-state index contributed by atoms with van der Waals surface area (Å²) in [6, 6.07) is 16.8. The first-order valence-electron chi connectivity index (χ1n) is 8.70. The Labute approximate surface area is 155 Å². The van der Waals surface area contributed by atoms with Crippen molar-refractivity contribution in [2.75, 3.05) is 6.54 Å². The molecule has 1 saturated heterocycles. The van der Waals surface area contributed by atoms with Crippen LogP contribution in [-0.2, 0) is 11.2 Å². The second kappa shape index (κ2) is 6.15. The topological polar surface area (TPSA) is 33.2 Å². The molecule has 0 aliphatic carbocycles. The van der Waals surface area contributed by atoms with E-state index in [-0.39, 0.29) is 17.2 Å². The molecule has 0 bridgehead atoms. The fraction of sp³-hybridized carbons (Fsp3) is 0.300. The molecule has 5 rings (SSSR count). The van der Waals surface area contributed by atoms with Gasteiger partial charge in [0.05, 0.1) is 21.5 Å². The fourth-order valence-electron chi connectivity index (χ4n) is 3.82. The van der Waals surface area contributed by atoms with E-state index in [1.807, 2.05) is 12.1 Å². The quantitative estimate of drug-likeness (QED) is 0.660. The highest BCUT2D eigenvalue weighted by Gasteiger charge is 2.38. The highest BCUT2D eigenvalue weighted by atomic mass is 32.2. The van der Waals surface area contributed by atoms with Gasteiger partial charge in [0, 0.05) is 11.4 Å². The Morgan fingerprint density at radius 3 is 2.84 bits per heavy atom. The van der Waals surface area contributed by atoms with Crippen molar-refractivity contribution in [3.8, 4) is 0 Å². The van der Waals surface area contributed by atoms with E-state index in [0.717, 1.165) is 36.3 Å². The monoisotopic (exact) mass is 366 g/mol. The normalized spacial score (nSPS) is 22.5. The van der Waals surface area contributed by atoms with Gasteiger partial charge in [-0.05, 0) is 43.0 Å². The van der Waals surface area contributed by atoms with Crippen molar-refractivity contribution in [2.45, 2.75) is 35.4 Å². The molecular weight excluding hydrogens is 348 g/mol. The van der Waals surface area contributed by atoms with Gasteiger partial charge in [-0.25, -0.2) is 4.98 Å². The summed E-state index contributed by atoms with van der Waals surface area (Å²) < 4.78 is 1.21. The van der Waals surface area contributed by atoms with Crippen molar-refractivity contribution in [3.63, 3.8) is 0 Å². The fourth-order valence-corrected chi connectivity index (χ4v) is 6.21. The third kappa shape index (κ3) is 2.66. The lowest BCUT2D eigenvalue weighted by atomic mass is 10.1. The second-order valence-corrected chi connectivity index (χ2v) is 8.93. The van der Waals surface area contributed by atoms with Crippen LogP contribution in [0.5, 0.6) is 0 Å². The van der Waals surface area contributed by atoms with Gasteiger partial charge in [0.1, 0.15) is 5.01 Å². The Kier molecular flexibility index (Phi) is 3.79. The summed E-state index contributed by atoms with van der Waals surface area (Å²) in [5.74, 6) is 0.281. The Balaban J connectivity index is 1.40. The molecule has 2 aromatic carbocycles. The molecule has 0 spiro atoms. The molecular formula is C20H18N2OS2. The van der Waals surface area contributed by atoms with E-state index in [9.17, 15) is 4.79 Å². The molecule has 3 aromatic rings. The van der Waals surface area contributed by atoms with Gasteiger partial charge in [0.2, 0.25) is 5.91 Å². The Morgan fingerprint density at radius 2 is 1.96 bits per heavy atom. The summed E-state index contributed by atoms with van der Waals surface area (Å²) in [5, 5.41) is 1.11. The number of hydrogen-bond acceptors (Lipinski definition) is 4. The van der Waals surface area contributed by atoms with Crippen LogP contribution < -0.4 is 0 Å². The summed E-state index contributed by atoms with van der Waals surface area (Å²) in [6.45, 7) is 0.854. The first-order chi connectivity index (χ1) is 12.3. The number of nitrogens with zero attached hydrogens (tertiary/aromatic N) is 2. The highest BCUT2D eigenvalue weighted by Crippen LogP contribution is 2.42. The number of thioether (sulfide) groups is 1. The number of fused-ring (bicyclic) bond motifs is 2. The molecule has 1 aromatic heterocycles. The van der Waals surface area contributed by atoms with Crippen LogP contribution in [0.1, 0.15) is 29.5 Å². The molecule has 126 valence electrons. The Hall–Kier alpha value is -1.85. The van der Waals surface area contributed by atoms with Crippen molar-refractivity contribution in [1.29, 1.82) is 0 Å². The smallest absolute Gasteiger partial charge is 0.236 e. The number of amides is 1. The third-order valence-electron chi connectivity index (χ3n) is 5.05. The minimum atomic E-state index is 0.0207. The van der Waals surface area contributed by atoms with Crippen LogP contribution in [0.15, 0.2) is 53.4 Å². The third-order valence-corrected chi connectivity index (χ3v) is 7.50. The van der Waals surface area contributed by atoms with Gasteiger partial charge in [-0.3, -0.25) is 4.79 Å². The molecule has 0 N–H and O–H groups in total. The van der Waals surface area contributed by atoms with Crippen LogP contribution in [0, 0.1) is 0 Å². The molecule has 1 amide bonds. The maximum Gasteiger partial charge on any atom is 0.236 e. The number of carbonyl (C=O) groups excluding carboxylic acids is 1. The molecule has 3 nitrogen and oxygen atoms in total. The molecule has 0 saturated carbocycles. The number of likely N-dealkylation sites (tertiary alicyclic amines) is 1. The number of hydrogen-bond donors (Lipinski definition) is 0. The zero-order valence-electron chi connectivity index (χ0n) is 13.7. The van der Waals surface area contributed by atoms with Crippen LogP contribution >= 0.6 is 23.1 Å². The summed E-state index contributed by atoms with van der Waals surface area (Å²) in [5.41, 5.74) is 2.35. The largest absolute Gasteiger partial charge is 0.332 e. The zero-order valence-corrected chi connectivity index (χ0v) is 15.4. The molecule has 3 heterocycles. The minimum Gasteiger partial charge on any atom is -0.332 e. The van der Waals surface area contributed by atoms with E-state index in [1.165, 1.54) is 15.2 Å². The van der Waals surface area contributed by atoms with E-state index in [0.29, 0.717) is 0 Å². The lowest BCUT2D eigenvalue weighted by Gasteiger charge is -2.25. The lowest BCUT2D eigenvalue weighted by molar-refractivity contribution is -0.131. The van der Waals surface area contributed by atoms with Crippen LogP contribution in [0.3, 0.4) is 0 Å². The van der Waals surface area contributed by atoms with Gasteiger partial charge < -0.3 is 4.90 Å². The van der Waals surface area contributed by atoms with Crippen LogP contribution in [0.25, 0.3) is 10.2 Å². The second-order valence-electron chi connectivity index (χ2n) is 6.63. The minimum absolute atomic E-state index is 0.0207. The van der Waals surface area contributed by atoms with E-state index in [1.54, 1.807) is 23.1 Å². The van der Waals surface area contributed by atoms with Gasteiger partial charge in [-0.2, -0.15) is 0 Å². The van der Waals surface area contributed by atoms with Crippen LogP contribution in [0.2, 0.25) is 0 Å². The van der Waals surface area contributed by atoms with Gasteiger partial charge in [0.15, 0.2) is 0 Å². The van der Waals surface area contributed by atoms with Crippen LogP contribution in [0.4, 0.5) is 0 Å². The Morgan fingerprint density at radius 1 is 1.12 bits per heavy atom. The average molecular weight is 367 g/mol. The number of thiazole rings is 1. The van der Waals surface area contributed by atoms with E-state index in [2.05, 4.69) is 41.3 Å². The van der Waals surface area contributed by atoms with E-state index >= 15 is 0 Å². The molecule has 2 aliphatic rings. The Bertz CT molecular complexity index is 894. The van der Waals surface area contributed by atoms with Crippen molar-refractivity contribution < 1.29 is 4.79 Å². The first kappa shape index (κ1) is 15.4. The van der Waals surface area contributed by atoms with Crippen molar-refractivity contribution in [3.05, 3.63) is 59.1 Å². The summed E-state index contributed by atoms with van der Waals surface area (Å²) >= 11 is 3.46. The maximum absolute atomic E-state index is 13.2. The summed E-state index contributed by atoms with van der Waals surface area (Å²) in [6.07, 6.45) is 2.94. The average Bonchev–Trinajstić information content (AvgIpc) is 3.36. The summed E-state index contributed by atoms with van der Waals surface area (Å²) in [7, 11) is 0. The van der Waals surface area contributed by atoms with Crippen molar-refractivity contribution in [2.24, 2.45) is 0 Å². The van der Waals surface area contributed by atoms with Crippen molar-refractivity contribution in [1.82, 2.24) is 9.88 Å². The zero-order chi connectivity index (χ0) is 16.8. The molecule has 2 aliphatic heterocycles. The molecule has 5 heteroatoms. The van der Waals surface area contributed by atoms with E-state index in [4.69, 9.17) is 4.98 Å². The first-order valence-corrected chi connectivity index (χ1v) is 10.4. The number of carbonyl (C=O) groups is 1. The van der Waals surface area contributed by atoms with Gasteiger partial charge >= 0.3 is 0 Å². The standard InChI is InChI=1S/C20H18N2OS2/c23-20(18-12-13-6-1-3-9-16(13)24-18)22-11-5-8-15(22)19-21-14-7-2-4-10-17(14)25-19/h1-4,6-7,9-10,15,18H,5,8,11-12H2. The molecule has 2 unspecified atom stereocenters. The molecule has 0 radical (unpaired) electrons. The van der Waals surface area contributed by atoms with Gasteiger partial charge in [-0.15, -0.1) is 23.1 Å².